The Balaban J connectivity index is 2.59. The first-order valence-electron chi connectivity index (χ1n) is 6.58. The first kappa shape index (κ1) is 14.9. The number of hydrogen-bond donors (Lipinski definition) is 1. The van der Waals surface area contributed by atoms with Gasteiger partial charge in [0.25, 0.3) is 5.91 Å². The summed E-state index contributed by atoms with van der Waals surface area (Å²) in [6.07, 6.45) is 0. The lowest BCUT2D eigenvalue weighted by molar-refractivity contribution is -0.148. The van der Waals surface area contributed by atoms with E-state index < -0.39 is 23.2 Å². The number of nitrogens with zero attached hydrogens (tertiary/aromatic N) is 1. The summed E-state index contributed by atoms with van der Waals surface area (Å²) in [4.78, 5) is 40.3. The lowest BCUT2D eigenvalue weighted by Crippen LogP contribution is -2.57. The standard InChI is InChI=1S/C15H16N2O4/c1-9(2)12-15(14(20)21-17-12,16-13(19)10(3)18)11-7-5-4-6-8-11/h4-9H,1-3H3,(H,16,19). The molecular weight excluding hydrogens is 272 g/mol. The number of amides is 1. The van der Waals surface area contributed by atoms with Gasteiger partial charge in [0.15, 0.2) is 0 Å². The number of rotatable bonds is 4. The Morgan fingerprint density at radius 2 is 1.86 bits per heavy atom. The zero-order valence-corrected chi connectivity index (χ0v) is 12.0. The van der Waals surface area contributed by atoms with Crippen molar-refractivity contribution in [1.29, 1.82) is 0 Å². The highest BCUT2D eigenvalue weighted by Crippen LogP contribution is 2.32. The van der Waals surface area contributed by atoms with E-state index in [2.05, 4.69) is 10.5 Å². The summed E-state index contributed by atoms with van der Waals surface area (Å²) < 4.78 is 0. The second-order valence-corrected chi connectivity index (χ2v) is 5.14. The van der Waals surface area contributed by atoms with Crippen molar-refractivity contribution in [2.24, 2.45) is 11.1 Å². The van der Waals surface area contributed by atoms with Gasteiger partial charge in [-0.25, -0.2) is 4.79 Å². The van der Waals surface area contributed by atoms with Crippen molar-refractivity contribution < 1.29 is 19.2 Å². The van der Waals surface area contributed by atoms with Crippen LogP contribution in [0.1, 0.15) is 26.3 Å². The zero-order valence-electron chi connectivity index (χ0n) is 12.0. The predicted octanol–water partition coefficient (Wildman–Crippen LogP) is 1.16. The zero-order chi connectivity index (χ0) is 15.6. The van der Waals surface area contributed by atoms with Gasteiger partial charge >= 0.3 is 5.97 Å². The van der Waals surface area contributed by atoms with Crippen molar-refractivity contribution in [3.63, 3.8) is 0 Å². The molecule has 110 valence electrons. The fourth-order valence-corrected chi connectivity index (χ4v) is 2.27. The number of carbonyl (C=O) groups is 3. The minimum Gasteiger partial charge on any atom is -0.325 e. The predicted molar refractivity (Wildman–Crippen MR) is 75.3 cm³/mol. The van der Waals surface area contributed by atoms with E-state index in [0.717, 1.165) is 6.92 Å². The van der Waals surface area contributed by atoms with Crippen LogP contribution in [0.25, 0.3) is 0 Å². The summed E-state index contributed by atoms with van der Waals surface area (Å²) in [7, 11) is 0. The number of hydrogen-bond acceptors (Lipinski definition) is 5. The Bertz CT molecular complexity index is 622. The van der Waals surface area contributed by atoms with Gasteiger partial charge in [0.2, 0.25) is 11.3 Å². The molecule has 0 aromatic heterocycles. The van der Waals surface area contributed by atoms with Gasteiger partial charge < -0.3 is 10.2 Å². The maximum absolute atomic E-state index is 12.3. The highest BCUT2D eigenvalue weighted by atomic mass is 16.7. The molecule has 1 N–H and O–H groups in total. The highest BCUT2D eigenvalue weighted by molar-refractivity contribution is 6.37. The summed E-state index contributed by atoms with van der Waals surface area (Å²) in [6, 6.07) is 8.63. The molecule has 1 aliphatic rings. The van der Waals surface area contributed by atoms with E-state index in [9.17, 15) is 14.4 Å². The minimum absolute atomic E-state index is 0.149. The molecule has 0 spiro atoms. The molecule has 6 heteroatoms. The molecule has 0 saturated carbocycles. The van der Waals surface area contributed by atoms with Crippen molar-refractivity contribution in [2.75, 3.05) is 0 Å². The average Bonchev–Trinajstić information content (AvgIpc) is 2.78. The molecule has 1 heterocycles. The van der Waals surface area contributed by atoms with E-state index in [-0.39, 0.29) is 5.92 Å². The molecule has 1 aromatic rings. The first-order chi connectivity index (χ1) is 9.89. The summed E-state index contributed by atoms with van der Waals surface area (Å²) >= 11 is 0. The first-order valence-corrected chi connectivity index (χ1v) is 6.58. The van der Waals surface area contributed by atoms with Crippen molar-refractivity contribution in [3.05, 3.63) is 35.9 Å². The van der Waals surface area contributed by atoms with Gasteiger partial charge in [-0.3, -0.25) is 9.59 Å². The summed E-state index contributed by atoms with van der Waals surface area (Å²) in [5.41, 5.74) is -0.666. The van der Waals surface area contributed by atoms with Gasteiger partial charge in [-0.15, -0.1) is 0 Å². The van der Waals surface area contributed by atoms with Gasteiger partial charge in [-0.1, -0.05) is 49.3 Å². The van der Waals surface area contributed by atoms with E-state index >= 15 is 0 Å². The van der Waals surface area contributed by atoms with Gasteiger partial charge in [0.05, 0.1) is 0 Å². The molecule has 1 amide bonds. The average molecular weight is 288 g/mol. The number of Topliss-reactive ketones (excluding diaryl/α,β-unsaturated/α-hetero) is 1. The highest BCUT2D eigenvalue weighted by Gasteiger charge is 2.53. The fraction of sp³-hybridized carbons (Fsp3) is 0.333. The fourth-order valence-electron chi connectivity index (χ4n) is 2.27. The van der Waals surface area contributed by atoms with Crippen LogP contribution in [0.5, 0.6) is 0 Å². The van der Waals surface area contributed by atoms with Crippen molar-refractivity contribution in [2.45, 2.75) is 26.3 Å². The third kappa shape index (κ3) is 2.44. The minimum atomic E-state index is -1.54. The van der Waals surface area contributed by atoms with Crippen LogP contribution in [-0.4, -0.2) is 23.4 Å². The molecule has 1 unspecified atom stereocenters. The molecule has 0 aliphatic carbocycles. The smallest absolute Gasteiger partial charge is 0.325 e. The molecule has 2 rings (SSSR count). The molecule has 1 atom stereocenters. The van der Waals surface area contributed by atoms with Crippen LogP contribution >= 0.6 is 0 Å². The Kier molecular flexibility index (Phi) is 3.88. The molecule has 0 fully saturated rings. The van der Waals surface area contributed by atoms with Crippen LogP contribution in [-0.2, 0) is 24.8 Å². The van der Waals surface area contributed by atoms with Crippen molar-refractivity contribution in [1.82, 2.24) is 5.32 Å². The molecule has 6 nitrogen and oxygen atoms in total. The number of benzene rings is 1. The second-order valence-electron chi connectivity index (χ2n) is 5.14. The Morgan fingerprint density at radius 1 is 1.24 bits per heavy atom. The van der Waals surface area contributed by atoms with E-state index in [4.69, 9.17) is 4.84 Å². The molecular formula is C15H16N2O4. The molecule has 0 bridgehead atoms. The van der Waals surface area contributed by atoms with Crippen LogP contribution in [0.15, 0.2) is 35.5 Å². The second kappa shape index (κ2) is 5.47. The SMILES string of the molecule is CC(=O)C(=O)NC1(c2ccccc2)C(=O)ON=C1C(C)C. The topological polar surface area (TPSA) is 84.8 Å². The van der Waals surface area contributed by atoms with Crippen LogP contribution in [0, 0.1) is 5.92 Å². The monoisotopic (exact) mass is 288 g/mol. The normalized spacial score (nSPS) is 21.0. The summed E-state index contributed by atoms with van der Waals surface area (Å²) in [5.74, 6) is -2.41. The number of ketones is 1. The summed E-state index contributed by atoms with van der Waals surface area (Å²) in [5, 5.41) is 6.30. The van der Waals surface area contributed by atoms with Crippen LogP contribution in [0.3, 0.4) is 0 Å². The number of carbonyl (C=O) groups excluding carboxylic acids is 3. The summed E-state index contributed by atoms with van der Waals surface area (Å²) in [6.45, 7) is 4.80. The molecule has 0 radical (unpaired) electrons. The Hall–Kier alpha value is -2.50. The molecule has 1 aliphatic heterocycles. The Morgan fingerprint density at radius 3 is 2.38 bits per heavy atom. The van der Waals surface area contributed by atoms with Gasteiger partial charge in [-0.2, -0.15) is 0 Å². The van der Waals surface area contributed by atoms with Crippen molar-refractivity contribution in [3.8, 4) is 0 Å². The van der Waals surface area contributed by atoms with Crippen molar-refractivity contribution >= 4 is 23.4 Å². The third-order valence-corrected chi connectivity index (χ3v) is 3.29. The van der Waals surface area contributed by atoms with Crippen LogP contribution < -0.4 is 5.32 Å². The number of nitrogens with one attached hydrogen (secondary N) is 1. The van der Waals surface area contributed by atoms with Crippen LogP contribution in [0.4, 0.5) is 0 Å². The third-order valence-electron chi connectivity index (χ3n) is 3.29. The van der Waals surface area contributed by atoms with E-state index in [0.29, 0.717) is 11.3 Å². The largest absolute Gasteiger partial charge is 0.370 e. The van der Waals surface area contributed by atoms with E-state index in [1.807, 2.05) is 13.8 Å². The maximum Gasteiger partial charge on any atom is 0.370 e. The van der Waals surface area contributed by atoms with Gasteiger partial charge in [0.1, 0.15) is 5.71 Å². The van der Waals surface area contributed by atoms with Gasteiger partial charge in [0, 0.05) is 6.92 Å². The lowest BCUT2D eigenvalue weighted by Gasteiger charge is -2.29. The van der Waals surface area contributed by atoms with Gasteiger partial charge in [-0.05, 0) is 11.5 Å². The van der Waals surface area contributed by atoms with E-state index in [1.165, 1.54) is 0 Å². The quantitative estimate of drug-likeness (QED) is 0.665. The van der Waals surface area contributed by atoms with E-state index in [1.54, 1.807) is 30.3 Å². The molecule has 1 aromatic carbocycles. The maximum atomic E-state index is 12.3. The molecule has 21 heavy (non-hydrogen) atoms. The number of oxime groups is 1. The Labute approximate surface area is 122 Å². The molecule has 0 saturated heterocycles. The lowest BCUT2D eigenvalue weighted by atomic mass is 9.80. The van der Waals surface area contributed by atoms with Crippen LogP contribution in [0.2, 0.25) is 0 Å².